The molecule has 3 nitrogen and oxygen atoms in total. The molecule has 1 N–H and O–H groups in total. The van der Waals surface area contributed by atoms with Crippen LogP contribution in [0.3, 0.4) is 0 Å². The van der Waals surface area contributed by atoms with Crippen LogP contribution in [0.5, 0.6) is 5.88 Å². The fraction of sp³-hybridized carbons (Fsp3) is 0.214. The van der Waals surface area contributed by atoms with Gasteiger partial charge in [-0.15, -0.1) is 0 Å². The third-order valence-electron chi connectivity index (χ3n) is 2.65. The lowest BCUT2D eigenvalue weighted by Gasteiger charge is -2.10. The summed E-state index contributed by atoms with van der Waals surface area (Å²) in [5, 5.41) is 4.04. The van der Waals surface area contributed by atoms with Gasteiger partial charge in [-0.2, -0.15) is 0 Å². The molecule has 0 saturated carbocycles. The molecule has 0 radical (unpaired) electrons. The second-order valence-corrected chi connectivity index (χ2v) is 4.42. The van der Waals surface area contributed by atoms with Gasteiger partial charge in [0.25, 0.3) is 0 Å². The maximum absolute atomic E-state index is 5.97. The Morgan fingerprint density at radius 2 is 2.11 bits per heavy atom. The average Bonchev–Trinajstić information content (AvgIpc) is 2.40. The van der Waals surface area contributed by atoms with Gasteiger partial charge in [0, 0.05) is 16.8 Å². The molecule has 1 aromatic carbocycles. The number of pyridine rings is 1. The maximum atomic E-state index is 5.97. The maximum Gasteiger partial charge on any atom is 0.213 e. The number of nitrogens with one attached hydrogen (secondary N) is 1. The van der Waals surface area contributed by atoms with Crippen LogP contribution in [-0.4, -0.2) is 12.1 Å². The standard InChI is InChI=1S/C14H15ClN2O/c1-10-6-7-11(15)8-13(10)16-9-12-4-3-5-14(17-12)18-2/h3-8,16H,9H2,1-2H3. The van der Waals surface area contributed by atoms with E-state index in [2.05, 4.69) is 10.3 Å². The predicted octanol–water partition coefficient (Wildman–Crippen LogP) is 3.66. The zero-order chi connectivity index (χ0) is 13.0. The number of aromatic nitrogens is 1. The van der Waals surface area contributed by atoms with Crippen LogP contribution < -0.4 is 10.1 Å². The first kappa shape index (κ1) is 12.7. The fourth-order valence-electron chi connectivity index (χ4n) is 1.64. The SMILES string of the molecule is COc1cccc(CNc2cc(Cl)ccc2C)n1. The summed E-state index contributed by atoms with van der Waals surface area (Å²) in [6.07, 6.45) is 0. The third kappa shape index (κ3) is 3.14. The minimum atomic E-state index is 0.622. The van der Waals surface area contributed by atoms with Crippen LogP contribution >= 0.6 is 11.6 Å². The average molecular weight is 263 g/mol. The van der Waals surface area contributed by atoms with E-state index in [-0.39, 0.29) is 0 Å². The van der Waals surface area contributed by atoms with E-state index >= 15 is 0 Å². The number of anilines is 1. The molecule has 0 saturated heterocycles. The Labute approximate surface area is 112 Å². The normalized spacial score (nSPS) is 10.2. The van der Waals surface area contributed by atoms with E-state index < -0.39 is 0 Å². The van der Waals surface area contributed by atoms with Crippen molar-refractivity contribution in [2.45, 2.75) is 13.5 Å². The molecule has 2 aromatic rings. The summed E-state index contributed by atoms with van der Waals surface area (Å²) in [7, 11) is 1.61. The van der Waals surface area contributed by atoms with Crippen LogP contribution in [0.4, 0.5) is 5.69 Å². The van der Waals surface area contributed by atoms with Crippen LogP contribution in [0.2, 0.25) is 5.02 Å². The Morgan fingerprint density at radius 1 is 1.28 bits per heavy atom. The molecule has 2 rings (SSSR count). The fourth-order valence-corrected chi connectivity index (χ4v) is 1.81. The molecule has 0 aliphatic carbocycles. The molecule has 0 aliphatic heterocycles. The Kier molecular flexibility index (Phi) is 4.05. The highest BCUT2D eigenvalue weighted by molar-refractivity contribution is 6.30. The van der Waals surface area contributed by atoms with E-state index in [0.29, 0.717) is 12.4 Å². The molecule has 94 valence electrons. The van der Waals surface area contributed by atoms with Crippen LogP contribution in [0.15, 0.2) is 36.4 Å². The van der Waals surface area contributed by atoms with Gasteiger partial charge in [-0.1, -0.05) is 23.7 Å². The molecule has 4 heteroatoms. The first-order valence-electron chi connectivity index (χ1n) is 5.69. The molecular weight excluding hydrogens is 248 g/mol. The number of ether oxygens (including phenoxy) is 1. The molecule has 0 bridgehead atoms. The van der Waals surface area contributed by atoms with Gasteiger partial charge >= 0.3 is 0 Å². The molecule has 1 heterocycles. The quantitative estimate of drug-likeness (QED) is 0.913. The molecule has 0 spiro atoms. The minimum absolute atomic E-state index is 0.622. The second-order valence-electron chi connectivity index (χ2n) is 3.98. The molecule has 1 aromatic heterocycles. The van der Waals surface area contributed by atoms with Gasteiger partial charge in [0.2, 0.25) is 5.88 Å². The van der Waals surface area contributed by atoms with E-state index in [0.717, 1.165) is 22.0 Å². The number of hydrogen-bond acceptors (Lipinski definition) is 3. The highest BCUT2D eigenvalue weighted by Gasteiger charge is 2.01. The Morgan fingerprint density at radius 3 is 2.89 bits per heavy atom. The molecule has 0 aliphatic rings. The van der Waals surface area contributed by atoms with Crippen molar-refractivity contribution in [3.8, 4) is 5.88 Å². The van der Waals surface area contributed by atoms with Gasteiger partial charge in [-0.3, -0.25) is 0 Å². The summed E-state index contributed by atoms with van der Waals surface area (Å²) >= 11 is 5.97. The summed E-state index contributed by atoms with van der Waals surface area (Å²) in [5.74, 6) is 0.622. The summed E-state index contributed by atoms with van der Waals surface area (Å²) < 4.78 is 5.09. The van der Waals surface area contributed by atoms with Crippen molar-refractivity contribution in [3.05, 3.63) is 52.7 Å². The number of benzene rings is 1. The number of aryl methyl sites for hydroxylation is 1. The number of rotatable bonds is 4. The summed E-state index contributed by atoms with van der Waals surface area (Å²) in [5.41, 5.74) is 3.10. The van der Waals surface area contributed by atoms with Crippen LogP contribution in [0, 0.1) is 6.92 Å². The van der Waals surface area contributed by atoms with Gasteiger partial charge in [0.1, 0.15) is 0 Å². The first-order chi connectivity index (χ1) is 8.69. The summed E-state index contributed by atoms with van der Waals surface area (Å²) in [4.78, 5) is 4.34. The Bertz CT molecular complexity index is 543. The van der Waals surface area contributed by atoms with E-state index in [4.69, 9.17) is 16.3 Å². The lowest BCUT2D eigenvalue weighted by molar-refractivity contribution is 0.396. The lowest BCUT2D eigenvalue weighted by Crippen LogP contribution is -2.03. The Hall–Kier alpha value is -1.74. The smallest absolute Gasteiger partial charge is 0.213 e. The van der Waals surface area contributed by atoms with Gasteiger partial charge in [0.05, 0.1) is 19.3 Å². The first-order valence-corrected chi connectivity index (χ1v) is 6.07. The van der Waals surface area contributed by atoms with Crippen molar-refractivity contribution in [1.29, 1.82) is 0 Å². The van der Waals surface area contributed by atoms with Crippen molar-refractivity contribution in [2.75, 3.05) is 12.4 Å². The van der Waals surface area contributed by atoms with Crippen molar-refractivity contribution >= 4 is 17.3 Å². The van der Waals surface area contributed by atoms with Gasteiger partial charge in [-0.05, 0) is 30.7 Å². The van der Waals surface area contributed by atoms with Crippen LogP contribution in [0.25, 0.3) is 0 Å². The highest BCUT2D eigenvalue weighted by Crippen LogP contribution is 2.20. The van der Waals surface area contributed by atoms with E-state index in [9.17, 15) is 0 Å². The minimum Gasteiger partial charge on any atom is -0.481 e. The summed E-state index contributed by atoms with van der Waals surface area (Å²) in [6.45, 7) is 2.68. The topological polar surface area (TPSA) is 34.1 Å². The van der Waals surface area contributed by atoms with Crippen molar-refractivity contribution in [1.82, 2.24) is 4.98 Å². The molecule has 0 fully saturated rings. The van der Waals surface area contributed by atoms with Gasteiger partial charge in [0.15, 0.2) is 0 Å². The number of methoxy groups -OCH3 is 1. The second kappa shape index (κ2) is 5.74. The van der Waals surface area contributed by atoms with Crippen LogP contribution in [-0.2, 0) is 6.54 Å². The molecule has 0 unspecified atom stereocenters. The van der Waals surface area contributed by atoms with Gasteiger partial charge < -0.3 is 10.1 Å². The van der Waals surface area contributed by atoms with E-state index in [1.807, 2.05) is 43.3 Å². The van der Waals surface area contributed by atoms with Crippen molar-refractivity contribution in [3.63, 3.8) is 0 Å². The Balaban J connectivity index is 2.08. The number of halogens is 1. The van der Waals surface area contributed by atoms with Crippen LogP contribution in [0.1, 0.15) is 11.3 Å². The molecule has 0 atom stereocenters. The van der Waals surface area contributed by atoms with Crippen molar-refractivity contribution in [2.24, 2.45) is 0 Å². The zero-order valence-electron chi connectivity index (χ0n) is 10.4. The number of hydrogen-bond donors (Lipinski definition) is 1. The predicted molar refractivity (Wildman–Crippen MR) is 74.3 cm³/mol. The summed E-state index contributed by atoms with van der Waals surface area (Å²) in [6, 6.07) is 11.5. The van der Waals surface area contributed by atoms with E-state index in [1.165, 1.54) is 0 Å². The van der Waals surface area contributed by atoms with Gasteiger partial charge in [-0.25, -0.2) is 4.98 Å². The monoisotopic (exact) mass is 262 g/mol. The lowest BCUT2D eigenvalue weighted by atomic mass is 10.2. The highest BCUT2D eigenvalue weighted by atomic mass is 35.5. The van der Waals surface area contributed by atoms with Crippen molar-refractivity contribution < 1.29 is 4.74 Å². The molecule has 18 heavy (non-hydrogen) atoms. The third-order valence-corrected chi connectivity index (χ3v) is 2.89. The molecule has 0 amide bonds. The largest absolute Gasteiger partial charge is 0.481 e. The molecular formula is C14H15ClN2O. The van der Waals surface area contributed by atoms with E-state index in [1.54, 1.807) is 7.11 Å². The number of nitrogens with zero attached hydrogens (tertiary/aromatic N) is 1. The zero-order valence-corrected chi connectivity index (χ0v) is 11.2.